The normalized spacial score (nSPS) is 11.0. The number of benzene rings is 2. The number of amides is 2. The zero-order valence-corrected chi connectivity index (χ0v) is 20.9. The second kappa shape index (κ2) is 11.5. The van der Waals surface area contributed by atoms with Crippen LogP contribution < -0.4 is 10.6 Å². The molecule has 2 N–H and O–H groups in total. The van der Waals surface area contributed by atoms with Crippen LogP contribution in [0.1, 0.15) is 48.4 Å². The molecule has 0 unspecified atom stereocenters. The van der Waals surface area contributed by atoms with Crippen LogP contribution in [0.5, 0.6) is 0 Å². The van der Waals surface area contributed by atoms with Gasteiger partial charge in [0, 0.05) is 17.8 Å². The van der Waals surface area contributed by atoms with E-state index in [1.165, 1.54) is 23.4 Å². The van der Waals surface area contributed by atoms with E-state index in [0.29, 0.717) is 39.1 Å². The summed E-state index contributed by atoms with van der Waals surface area (Å²) in [5.41, 5.74) is 2.38. The van der Waals surface area contributed by atoms with E-state index in [2.05, 4.69) is 34.7 Å². The molecule has 3 aromatic rings. The summed E-state index contributed by atoms with van der Waals surface area (Å²) in [6, 6.07) is 12.5. The first kappa shape index (κ1) is 25.1. The minimum Gasteiger partial charge on any atom is -0.345 e. The van der Waals surface area contributed by atoms with Crippen molar-refractivity contribution in [2.75, 3.05) is 11.1 Å². The molecule has 33 heavy (non-hydrogen) atoms. The van der Waals surface area contributed by atoms with Gasteiger partial charge in [-0.25, -0.2) is 0 Å². The number of aromatic nitrogens is 3. The molecular weight excluding hydrogens is 481 g/mol. The van der Waals surface area contributed by atoms with Crippen LogP contribution in [0.25, 0.3) is 0 Å². The molecule has 2 aromatic carbocycles. The summed E-state index contributed by atoms with van der Waals surface area (Å²) >= 11 is 13.2. The van der Waals surface area contributed by atoms with Crippen LogP contribution in [0.15, 0.2) is 47.6 Å². The lowest BCUT2D eigenvalue weighted by Crippen LogP contribution is -2.24. The highest BCUT2D eigenvalue weighted by Gasteiger charge is 2.15. The maximum absolute atomic E-state index is 12.4. The van der Waals surface area contributed by atoms with Crippen LogP contribution in [0, 0.1) is 0 Å². The summed E-state index contributed by atoms with van der Waals surface area (Å²) in [6.45, 7) is 7.00. The first-order valence-corrected chi connectivity index (χ1v) is 12.2. The van der Waals surface area contributed by atoms with E-state index in [-0.39, 0.29) is 24.1 Å². The van der Waals surface area contributed by atoms with Crippen molar-refractivity contribution in [1.82, 2.24) is 20.1 Å². The van der Waals surface area contributed by atoms with Gasteiger partial charge in [0.15, 0.2) is 11.0 Å². The lowest BCUT2D eigenvalue weighted by atomic mass is 10.0. The molecule has 0 aliphatic rings. The molecule has 174 valence electrons. The Bertz CT molecular complexity index is 1130. The molecule has 0 radical (unpaired) electrons. The molecule has 1 heterocycles. The molecule has 0 aliphatic carbocycles. The minimum absolute atomic E-state index is 0.127. The van der Waals surface area contributed by atoms with E-state index in [1.807, 2.05) is 35.8 Å². The fraction of sp³-hybridized carbons (Fsp3) is 0.304. The van der Waals surface area contributed by atoms with Gasteiger partial charge in [0.05, 0.1) is 22.3 Å². The van der Waals surface area contributed by atoms with E-state index in [0.717, 1.165) is 5.69 Å². The number of halogens is 2. The van der Waals surface area contributed by atoms with Crippen molar-refractivity contribution in [1.29, 1.82) is 0 Å². The van der Waals surface area contributed by atoms with Gasteiger partial charge in [-0.2, -0.15) is 0 Å². The van der Waals surface area contributed by atoms with Gasteiger partial charge in [-0.1, -0.05) is 60.9 Å². The molecular formula is C23H25Cl2N5O2S. The van der Waals surface area contributed by atoms with E-state index >= 15 is 0 Å². The third-order valence-electron chi connectivity index (χ3n) is 4.89. The first-order valence-electron chi connectivity index (χ1n) is 10.5. The monoisotopic (exact) mass is 505 g/mol. The van der Waals surface area contributed by atoms with Gasteiger partial charge in [-0.05, 0) is 48.7 Å². The number of nitrogens with zero attached hydrogens (tertiary/aromatic N) is 3. The molecule has 0 bridgehead atoms. The lowest BCUT2D eigenvalue weighted by molar-refractivity contribution is -0.113. The van der Waals surface area contributed by atoms with E-state index in [1.54, 1.807) is 12.1 Å². The number of hydrogen-bond acceptors (Lipinski definition) is 5. The van der Waals surface area contributed by atoms with Crippen LogP contribution in [0.2, 0.25) is 10.0 Å². The second-order valence-electron chi connectivity index (χ2n) is 7.57. The second-order valence-corrected chi connectivity index (χ2v) is 9.33. The van der Waals surface area contributed by atoms with Crippen molar-refractivity contribution in [3.05, 3.63) is 69.5 Å². The van der Waals surface area contributed by atoms with Crippen LogP contribution in [-0.4, -0.2) is 32.3 Å². The molecule has 3 rings (SSSR count). The molecule has 0 saturated carbocycles. The molecule has 10 heteroatoms. The summed E-state index contributed by atoms with van der Waals surface area (Å²) in [7, 11) is 0. The van der Waals surface area contributed by atoms with Crippen LogP contribution in [0.4, 0.5) is 5.69 Å². The molecule has 0 atom stereocenters. The zero-order chi connectivity index (χ0) is 24.0. The minimum atomic E-state index is -0.295. The average molecular weight is 506 g/mol. The van der Waals surface area contributed by atoms with Crippen LogP contribution >= 0.6 is 35.0 Å². The summed E-state index contributed by atoms with van der Waals surface area (Å²) in [5.74, 6) is 0.806. The summed E-state index contributed by atoms with van der Waals surface area (Å²) in [5, 5.41) is 15.4. The number of thioether (sulfide) groups is 1. The zero-order valence-electron chi connectivity index (χ0n) is 18.6. The number of carbonyl (C=O) groups is 2. The smallest absolute Gasteiger partial charge is 0.251 e. The third kappa shape index (κ3) is 6.72. The SMILES string of the molecule is CCn1c(CNC(=O)c2ccc(Cl)c(Cl)c2)nnc1SCC(=O)Nc1ccc(C(C)C)cc1. The third-order valence-corrected chi connectivity index (χ3v) is 6.60. The molecule has 0 spiro atoms. The van der Waals surface area contributed by atoms with Crippen molar-refractivity contribution < 1.29 is 9.59 Å². The maximum atomic E-state index is 12.4. The highest BCUT2D eigenvalue weighted by atomic mass is 35.5. The number of nitrogens with one attached hydrogen (secondary N) is 2. The van der Waals surface area contributed by atoms with Gasteiger partial charge < -0.3 is 15.2 Å². The molecule has 0 aliphatic heterocycles. The topological polar surface area (TPSA) is 88.9 Å². The Morgan fingerprint density at radius 2 is 1.79 bits per heavy atom. The van der Waals surface area contributed by atoms with Gasteiger partial charge >= 0.3 is 0 Å². The Labute approximate surface area is 207 Å². The predicted octanol–water partition coefficient (Wildman–Crippen LogP) is 5.39. The Balaban J connectivity index is 1.55. The van der Waals surface area contributed by atoms with Gasteiger partial charge in [0.25, 0.3) is 5.91 Å². The molecule has 2 amide bonds. The van der Waals surface area contributed by atoms with E-state index in [4.69, 9.17) is 23.2 Å². The Hall–Kier alpha value is -2.55. The van der Waals surface area contributed by atoms with Crippen LogP contribution in [0.3, 0.4) is 0 Å². The van der Waals surface area contributed by atoms with E-state index < -0.39 is 0 Å². The van der Waals surface area contributed by atoms with Crippen LogP contribution in [-0.2, 0) is 17.9 Å². The molecule has 7 nitrogen and oxygen atoms in total. The summed E-state index contributed by atoms with van der Waals surface area (Å²) in [6.07, 6.45) is 0. The largest absolute Gasteiger partial charge is 0.345 e. The standard InChI is InChI=1S/C23H25Cl2N5O2S/c1-4-30-20(12-26-22(32)16-7-10-18(24)19(25)11-16)28-29-23(30)33-13-21(31)27-17-8-5-15(6-9-17)14(2)3/h5-11,14H,4,12-13H2,1-3H3,(H,26,32)(H,27,31). The average Bonchev–Trinajstić information content (AvgIpc) is 3.20. The van der Waals surface area contributed by atoms with Gasteiger partial charge in [-0.3, -0.25) is 9.59 Å². The van der Waals surface area contributed by atoms with Crippen molar-refractivity contribution in [2.24, 2.45) is 0 Å². The highest BCUT2D eigenvalue weighted by molar-refractivity contribution is 7.99. The predicted molar refractivity (Wildman–Crippen MR) is 133 cm³/mol. The van der Waals surface area contributed by atoms with Crippen molar-refractivity contribution in [3.63, 3.8) is 0 Å². The van der Waals surface area contributed by atoms with Crippen molar-refractivity contribution in [2.45, 2.75) is 44.9 Å². The fourth-order valence-corrected chi connectivity index (χ4v) is 4.17. The number of anilines is 1. The summed E-state index contributed by atoms with van der Waals surface area (Å²) in [4.78, 5) is 24.8. The maximum Gasteiger partial charge on any atom is 0.251 e. The Morgan fingerprint density at radius 3 is 2.42 bits per heavy atom. The fourth-order valence-electron chi connectivity index (χ4n) is 3.05. The van der Waals surface area contributed by atoms with E-state index in [9.17, 15) is 9.59 Å². The molecule has 0 fully saturated rings. The lowest BCUT2D eigenvalue weighted by Gasteiger charge is -2.10. The van der Waals surface area contributed by atoms with Crippen molar-refractivity contribution >= 4 is 52.5 Å². The number of carbonyl (C=O) groups excluding carboxylic acids is 2. The van der Waals surface area contributed by atoms with Crippen molar-refractivity contribution in [3.8, 4) is 0 Å². The first-order chi connectivity index (χ1) is 15.8. The van der Waals surface area contributed by atoms with Gasteiger partial charge in [0.1, 0.15) is 0 Å². The van der Waals surface area contributed by atoms with Gasteiger partial charge in [0.2, 0.25) is 5.91 Å². The Morgan fingerprint density at radius 1 is 1.06 bits per heavy atom. The molecule has 0 saturated heterocycles. The Kier molecular flexibility index (Phi) is 8.77. The highest BCUT2D eigenvalue weighted by Crippen LogP contribution is 2.23. The molecule has 1 aromatic heterocycles. The van der Waals surface area contributed by atoms with Gasteiger partial charge in [-0.15, -0.1) is 10.2 Å². The quantitative estimate of drug-likeness (QED) is 0.380. The summed E-state index contributed by atoms with van der Waals surface area (Å²) < 4.78 is 1.87. The number of rotatable bonds is 9. The number of hydrogen-bond donors (Lipinski definition) is 2.